The van der Waals surface area contributed by atoms with Crippen molar-refractivity contribution in [2.75, 3.05) is 0 Å². The molecule has 6 nitrogen and oxygen atoms in total. The van der Waals surface area contributed by atoms with Crippen molar-refractivity contribution in [1.29, 1.82) is 0 Å². The number of rotatable bonds is 5. The summed E-state index contributed by atoms with van der Waals surface area (Å²) in [5, 5.41) is 14.7. The number of hydrogen-bond acceptors (Lipinski definition) is 4. The van der Waals surface area contributed by atoms with Crippen LogP contribution in [-0.2, 0) is 10.2 Å². The molecule has 0 aromatic heterocycles. The highest BCUT2D eigenvalue weighted by Gasteiger charge is 2.43. The van der Waals surface area contributed by atoms with Gasteiger partial charge in [0.1, 0.15) is 0 Å². The van der Waals surface area contributed by atoms with E-state index in [1.54, 1.807) is 12.1 Å². The molecule has 0 aliphatic heterocycles. The normalized spacial score (nSPS) is 19.1. The first kappa shape index (κ1) is 18.8. The van der Waals surface area contributed by atoms with E-state index in [1.165, 1.54) is 29.5 Å². The van der Waals surface area contributed by atoms with Crippen molar-refractivity contribution in [3.05, 3.63) is 75.3 Å². The first-order valence-corrected chi connectivity index (χ1v) is 8.93. The number of nitro benzene ring substituents is 1. The molecule has 0 heterocycles. The molecule has 1 fully saturated rings. The van der Waals surface area contributed by atoms with E-state index in [1.807, 2.05) is 0 Å². The minimum atomic E-state index is -0.463. The van der Waals surface area contributed by atoms with E-state index in [0.29, 0.717) is 5.56 Å². The summed E-state index contributed by atoms with van der Waals surface area (Å²) in [4.78, 5) is 22.6. The Hall–Kier alpha value is -3.02. The van der Waals surface area contributed by atoms with Crippen LogP contribution < -0.4 is 5.43 Å². The van der Waals surface area contributed by atoms with Crippen LogP contribution in [0.1, 0.15) is 49.8 Å². The summed E-state index contributed by atoms with van der Waals surface area (Å²) >= 11 is 0. The largest absolute Gasteiger partial charge is 0.273 e. The average molecular weight is 365 g/mol. The summed E-state index contributed by atoms with van der Waals surface area (Å²) in [5.74, 6) is 0.0290. The Morgan fingerprint density at radius 1 is 1.22 bits per heavy atom. The van der Waals surface area contributed by atoms with Gasteiger partial charge in [0.2, 0.25) is 5.91 Å². The van der Waals surface area contributed by atoms with Crippen LogP contribution in [0.5, 0.6) is 0 Å². The zero-order valence-electron chi connectivity index (χ0n) is 15.7. The number of amides is 1. The summed E-state index contributed by atoms with van der Waals surface area (Å²) in [6.07, 6.45) is 2.23. The molecule has 3 rings (SSSR count). The zero-order chi connectivity index (χ0) is 19.6. The Morgan fingerprint density at radius 3 is 2.56 bits per heavy atom. The fourth-order valence-electron chi connectivity index (χ4n) is 3.06. The zero-order valence-corrected chi connectivity index (χ0v) is 15.7. The Balaban J connectivity index is 1.56. The highest BCUT2D eigenvalue weighted by Crippen LogP contribution is 2.47. The molecule has 6 heteroatoms. The van der Waals surface area contributed by atoms with Crippen molar-refractivity contribution in [3.63, 3.8) is 0 Å². The molecule has 1 N–H and O–H groups in total. The molecule has 140 valence electrons. The summed E-state index contributed by atoms with van der Waals surface area (Å²) in [7, 11) is 0. The number of carbonyl (C=O) groups is 1. The molecule has 0 bridgehead atoms. The molecule has 2 unspecified atom stereocenters. The van der Waals surface area contributed by atoms with Crippen LogP contribution in [0.25, 0.3) is 0 Å². The van der Waals surface area contributed by atoms with Crippen molar-refractivity contribution in [3.8, 4) is 0 Å². The molecule has 1 amide bonds. The molecular weight excluding hydrogens is 342 g/mol. The molecule has 2 aromatic rings. The maximum atomic E-state index is 12.2. The van der Waals surface area contributed by atoms with Crippen LogP contribution >= 0.6 is 0 Å². The lowest BCUT2D eigenvalue weighted by Gasteiger charge is -2.19. The second-order valence-electron chi connectivity index (χ2n) is 7.91. The van der Waals surface area contributed by atoms with Crippen molar-refractivity contribution in [2.24, 2.45) is 11.0 Å². The maximum Gasteiger partial charge on any atom is 0.270 e. The van der Waals surface area contributed by atoms with Gasteiger partial charge in [-0.15, -0.1) is 0 Å². The second-order valence-corrected chi connectivity index (χ2v) is 7.91. The van der Waals surface area contributed by atoms with E-state index in [4.69, 9.17) is 0 Å². The minimum Gasteiger partial charge on any atom is -0.273 e. The van der Waals surface area contributed by atoms with Crippen LogP contribution in [0.3, 0.4) is 0 Å². The lowest BCUT2D eigenvalue weighted by atomic mass is 9.86. The molecule has 0 radical (unpaired) electrons. The number of carbonyl (C=O) groups excluding carboxylic acids is 1. The van der Waals surface area contributed by atoms with E-state index in [0.717, 1.165) is 6.42 Å². The SMILES string of the molecule is CC(C)(C)c1ccc(C2CC2C(=O)N/N=C/c2cccc([N+](=O)[O-])c2)cc1. The molecule has 27 heavy (non-hydrogen) atoms. The predicted molar refractivity (Wildman–Crippen MR) is 105 cm³/mol. The summed E-state index contributed by atoms with van der Waals surface area (Å²) in [5.41, 5.74) is 5.65. The van der Waals surface area contributed by atoms with Gasteiger partial charge < -0.3 is 0 Å². The van der Waals surface area contributed by atoms with Crippen molar-refractivity contribution in [1.82, 2.24) is 5.43 Å². The standard InChI is InChI=1S/C21H23N3O3/c1-21(2,3)16-9-7-15(8-10-16)18-12-19(18)20(25)23-22-13-14-5-4-6-17(11-14)24(26)27/h4-11,13,18-19H,12H2,1-3H3,(H,23,25)/b22-13+. The number of non-ortho nitro benzene ring substituents is 1. The molecule has 1 aliphatic carbocycles. The Kier molecular flexibility index (Phi) is 5.08. The van der Waals surface area contributed by atoms with Gasteiger partial charge in [-0.05, 0) is 28.9 Å². The predicted octanol–water partition coefficient (Wildman–Crippen LogP) is 4.15. The van der Waals surface area contributed by atoms with Gasteiger partial charge in [0, 0.05) is 23.6 Å². The molecule has 0 spiro atoms. The van der Waals surface area contributed by atoms with E-state index in [9.17, 15) is 14.9 Å². The van der Waals surface area contributed by atoms with E-state index in [-0.39, 0.29) is 28.8 Å². The Bertz CT molecular complexity index is 882. The van der Waals surface area contributed by atoms with Crippen molar-refractivity contribution < 1.29 is 9.72 Å². The average Bonchev–Trinajstić information content (AvgIpc) is 3.42. The Morgan fingerprint density at radius 2 is 1.93 bits per heavy atom. The lowest BCUT2D eigenvalue weighted by molar-refractivity contribution is -0.384. The topological polar surface area (TPSA) is 84.6 Å². The van der Waals surface area contributed by atoms with Gasteiger partial charge in [-0.3, -0.25) is 14.9 Å². The molecule has 0 saturated heterocycles. The van der Waals surface area contributed by atoms with Crippen LogP contribution in [0.15, 0.2) is 53.6 Å². The first-order valence-electron chi connectivity index (χ1n) is 8.93. The van der Waals surface area contributed by atoms with Crippen molar-refractivity contribution in [2.45, 2.75) is 38.5 Å². The third-order valence-electron chi connectivity index (χ3n) is 4.80. The van der Waals surface area contributed by atoms with Gasteiger partial charge in [0.15, 0.2) is 0 Å². The van der Waals surface area contributed by atoms with Gasteiger partial charge in [0.25, 0.3) is 5.69 Å². The molecule has 1 saturated carbocycles. The number of hydrazone groups is 1. The fraction of sp³-hybridized carbons (Fsp3) is 0.333. The maximum absolute atomic E-state index is 12.2. The Labute approximate surface area is 158 Å². The quantitative estimate of drug-likeness (QED) is 0.491. The number of nitro groups is 1. The van der Waals surface area contributed by atoms with Crippen LogP contribution in [0, 0.1) is 16.0 Å². The molecule has 2 atom stereocenters. The smallest absolute Gasteiger partial charge is 0.270 e. The monoisotopic (exact) mass is 365 g/mol. The summed E-state index contributed by atoms with van der Waals surface area (Å²) in [6, 6.07) is 14.6. The van der Waals surface area contributed by atoms with Gasteiger partial charge in [-0.2, -0.15) is 5.10 Å². The minimum absolute atomic E-state index is 0.00811. The third-order valence-corrected chi connectivity index (χ3v) is 4.80. The lowest BCUT2D eigenvalue weighted by Crippen LogP contribution is -2.20. The third kappa shape index (κ3) is 4.58. The fourth-order valence-corrected chi connectivity index (χ4v) is 3.06. The number of hydrogen-bond donors (Lipinski definition) is 1. The summed E-state index contributed by atoms with van der Waals surface area (Å²) < 4.78 is 0. The number of nitrogens with one attached hydrogen (secondary N) is 1. The van der Waals surface area contributed by atoms with Gasteiger partial charge in [-0.25, -0.2) is 5.43 Å². The highest BCUT2D eigenvalue weighted by molar-refractivity contribution is 5.85. The first-order chi connectivity index (χ1) is 12.8. The number of benzene rings is 2. The van der Waals surface area contributed by atoms with E-state index >= 15 is 0 Å². The molecular formula is C21H23N3O3. The summed E-state index contributed by atoms with van der Waals surface area (Å²) in [6.45, 7) is 6.53. The van der Waals surface area contributed by atoms with Crippen LogP contribution in [-0.4, -0.2) is 17.0 Å². The van der Waals surface area contributed by atoms with Gasteiger partial charge in [0.05, 0.1) is 11.1 Å². The van der Waals surface area contributed by atoms with Crippen LogP contribution in [0.4, 0.5) is 5.69 Å². The second kappa shape index (κ2) is 7.31. The molecule has 2 aromatic carbocycles. The number of nitrogens with zero attached hydrogens (tertiary/aromatic N) is 2. The van der Waals surface area contributed by atoms with Gasteiger partial charge >= 0.3 is 0 Å². The molecule has 1 aliphatic rings. The highest BCUT2D eigenvalue weighted by atomic mass is 16.6. The van der Waals surface area contributed by atoms with Crippen LogP contribution in [0.2, 0.25) is 0 Å². The van der Waals surface area contributed by atoms with E-state index < -0.39 is 4.92 Å². The van der Waals surface area contributed by atoms with Gasteiger partial charge in [-0.1, -0.05) is 57.2 Å². The van der Waals surface area contributed by atoms with Crippen molar-refractivity contribution >= 4 is 17.8 Å². The van der Waals surface area contributed by atoms with E-state index in [2.05, 4.69) is 55.6 Å².